The molecule has 5 saturated heterocycles. The first kappa shape index (κ1) is 12.9. The third-order valence-corrected chi connectivity index (χ3v) is 13.1. The molecule has 7 nitrogen and oxygen atoms in total. The lowest BCUT2D eigenvalue weighted by Gasteiger charge is -2.64. The van der Waals surface area contributed by atoms with Crippen LogP contribution in [-0.2, 0) is 21.8 Å². The van der Waals surface area contributed by atoms with Crippen LogP contribution in [0.25, 0.3) is 0 Å². The minimum atomic E-state index is -2.22. The fourth-order valence-electron chi connectivity index (χ4n) is 2.99. The van der Waals surface area contributed by atoms with Crippen molar-refractivity contribution in [2.45, 2.75) is 0 Å². The molecule has 0 saturated carbocycles. The van der Waals surface area contributed by atoms with Crippen LogP contribution in [0.2, 0.25) is 0 Å². The fourth-order valence-corrected chi connectivity index (χ4v) is 12.1. The van der Waals surface area contributed by atoms with Gasteiger partial charge < -0.3 is 21.8 Å². The maximum Gasteiger partial charge on any atom is 0.493 e. The molecular formula is C10H20N2O5Si2. The van der Waals surface area contributed by atoms with Gasteiger partial charge in [-0.05, 0) is 0 Å². The molecule has 0 aromatic heterocycles. The second kappa shape index (κ2) is 4.86. The van der Waals surface area contributed by atoms with E-state index in [2.05, 4.69) is 9.80 Å². The molecule has 5 fully saturated rings. The van der Waals surface area contributed by atoms with Crippen molar-refractivity contribution in [3.63, 3.8) is 0 Å². The quantitative estimate of drug-likeness (QED) is 0.597. The molecule has 0 aliphatic carbocycles. The third kappa shape index (κ3) is 2.43. The summed E-state index contributed by atoms with van der Waals surface area (Å²) in [6, 6.07) is 0. The molecule has 0 atom stereocenters. The van der Waals surface area contributed by atoms with Crippen LogP contribution in [0.3, 0.4) is 0 Å². The summed E-state index contributed by atoms with van der Waals surface area (Å²) in [4.78, 5) is 4.67. The molecule has 0 amide bonds. The molecule has 5 aliphatic rings. The number of ether oxygens (including phenoxy) is 2. The van der Waals surface area contributed by atoms with Crippen LogP contribution in [0.4, 0.5) is 0 Å². The van der Waals surface area contributed by atoms with E-state index in [1.165, 1.54) is 0 Å². The van der Waals surface area contributed by atoms with Gasteiger partial charge in [-0.2, -0.15) is 0 Å². The average molecular weight is 304 g/mol. The van der Waals surface area contributed by atoms with Gasteiger partial charge >= 0.3 is 17.6 Å². The summed E-state index contributed by atoms with van der Waals surface area (Å²) in [6.45, 7) is 7.07. The Labute approximate surface area is 115 Å². The number of hydrogen-bond donors (Lipinski definition) is 0. The van der Waals surface area contributed by atoms with Crippen LogP contribution in [0, 0.1) is 0 Å². The summed E-state index contributed by atoms with van der Waals surface area (Å²) in [5, 5.41) is 0. The number of rotatable bonds is 4. The van der Waals surface area contributed by atoms with Crippen LogP contribution < -0.4 is 0 Å². The van der Waals surface area contributed by atoms with Crippen molar-refractivity contribution in [2.75, 3.05) is 64.9 Å². The van der Waals surface area contributed by atoms with E-state index in [4.69, 9.17) is 21.8 Å². The second-order valence-electron chi connectivity index (χ2n) is 5.45. The lowest BCUT2D eigenvalue weighted by molar-refractivity contribution is -0.0640. The van der Waals surface area contributed by atoms with E-state index >= 15 is 0 Å². The number of nitrogens with zero attached hydrogens (tertiary/aromatic N) is 2. The van der Waals surface area contributed by atoms with Crippen LogP contribution in [0.5, 0.6) is 0 Å². The predicted molar refractivity (Wildman–Crippen MR) is 69.3 cm³/mol. The average Bonchev–Trinajstić information content (AvgIpc) is 2.37. The Morgan fingerprint density at radius 3 is 1.37 bits per heavy atom. The van der Waals surface area contributed by atoms with Crippen molar-refractivity contribution >= 4 is 17.6 Å². The Kier molecular flexibility index (Phi) is 3.29. The van der Waals surface area contributed by atoms with Crippen molar-refractivity contribution in [1.29, 1.82) is 0 Å². The lowest BCUT2D eigenvalue weighted by atomic mass is 10.5. The Morgan fingerprint density at radius 1 is 0.632 bits per heavy atom. The van der Waals surface area contributed by atoms with Crippen molar-refractivity contribution in [2.24, 2.45) is 0 Å². The number of hydrogen-bond acceptors (Lipinski definition) is 7. The summed E-state index contributed by atoms with van der Waals surface area (Å²) in [5.74, 6) is 0. The fraction of sp³-hybridized carbons (Fsp3) is 1.00. The summed E-state index contributed by atoms with van der Waals surface area (Å²) in [6.07, 6.45) is 1.68. The topological polar surface area (TPSA) is 52.6 Å². The van der Waals surface area contributed by atoms with E-state index in [-0.39, 0.29) is 0 Å². The number of morpholine rings is 2. The molecule has 108 valence electrons. The molecule has 0 radical (unpaired) electrons. The second-order valence-corrected chi connectivity index (χ2v) is 11.3. The summed E-state index contributed by atoms with van der Waals surface area (Å²) in [7, 11) is -4.45. The molecule has 0 spiro atoms. The van der Waals surface area contributed by atoms with Crippen LogP contribution in [0.1, 0.15) is 0 Å². The van der Waals surface area contributed by atoms with Gasteiger partial charge in [0, 0.05) is 26.2 Å². The molecule has 19 heavy (non-hydrogen) atoms. The molecule has 0 unspecified atom stereocenters. The predicted octanol–water partition coefficient (Wildman–Crippen LogP) is -1.32. The Bertz CT molecular complexity index is 299. The molecule has 5 rings (SSSR count). The standard InChI is InChI=1S/C10H20N2O5Si2/c1-5-13-6-2-11(1)9-18-15-19(16-18,17-18)10-12-3-7-14-8-4-12/h1-10H2. The highest BCUT2D eigenvalue weighted by Crippen LogP contribution is 2.47. The first-order valence-electron chi connectivity index (χ1n) is 6.98. The monoisotopic (exact) mass is 304 g/mol. The highest BCUT2D eigenvalue weighted by Gasteiger charge is 2.82. The van der Waals surface area contributed by atoms with Crippen LogP contribution >= 0.6 is 0 Å². The summed E-state index contributed by atoms with van der Waals surface area (Å²) < 4.78 is 28.9. The molecule has 0 aromatic carbocycles. The molecule has 2 bridgehead atoms. The van der Waals surface area contributed by atoms with Gasteiger partial charge in [0.1, 0.15) is 0 Å². The van der Waals surface area contributed by atoms with E-state index in [1.807, 2.05) is 0 Å². The van der Waals surface area contributed by atoms with Crippen LogP contribution in [0.15, 0.2) is 0 Å². The van der Waals surface area contributed by atoms with E-state index in [9.17, 15) is 0 Å². The summed E-state index contributed by atoms with van der Waals surface area (Å²) in [5.41, 5.74) is 0. The van der Waals surface area contributed by atoms with Crippen molar-refractivity contribution < 1.29 is 21.8 Å². The van der Waals surface area contributed by atoms with Gasteiger partial charge in [-0.3, -0.25) is 9.80 Å². The molecule has 0 aromatic rings. The molecule has 0 N–H and O–H groups in total. The Morgan fingerprint density at radius 2 is 1.00 bits per heavy atom. The summed E-state index contributed by atoms with van der Waals surface area (Å²) >= 11 is 0. The highest BCUT2D eigenvalue weighted by molar-refractivity contribution is 7.02. The molecule has 5 heterocycles. The largest absolute Gasteiger partial charge is 0.493 e. The first-order valence-corrected chi connectivity index (χ1v) is 10.8. The Hall–Kier alpha value is 0.154. The van der Waals surface area contributed by atoms with E-state index in [0.717, 1.165) is 64.9 Å². The molecular weight excluding hydrogens is 284 g/mol. The van der Waals surface area contributed by atoms with E-state index in [0.29, 0.717) is 0 Å². The van der Waals surface area contributed by atoms with Crippen LogP contribution in [-0.4, -0.2) is 92.4 Å². The minimum Gasteiger partial charge on any atom is -0.379 e. The van der Waals surface area contributed by atoms with Gasteiger partial charge in [0.25, 0.3) is 0 Å². The van der Waals surface area contributed by atoms with Gasteiger partial charge in [-0.25, -0.2) is 0 Å². The SMILES string of the molecule is C1CN(C[Si]23O[Si](CN4CCOCC4)(O2)O3)CCO1. The van der Waals surface area contributed by atoms with Gasteiger partial charge in [0.15, 0.2) is 0 Å². The lowest BCUT2D eigenvalue weighted by Crippen LogP contribution is -2.93. The van der Waals surface area contributed by atoms with Gasteiger partial charge in [0.05, 0.1) is 38.8 Å². The minimum absolute atomic E-state index is 0.806. The zero-order chi connectivity index (χ0) is 12.8. The normalized spacial score (nSPS) is 43.6. The highest BCUT2D eigenvalue weighted by atomic mass is 28.6. The van der Waals surface area contributed by atoms with Gasteiger partial charge in [-0.15, -0.1) is 0 Å². The Balaban J connectivity index is 1.24. The third-order valence-electron chi connectivity index (χ3n) is 3.97. The smallest absolute Gasteiger partial charge is 0.379 e. The zero-order valence-corrected chi connectivity index (χ0v) is 13.0. The van der Waals surface area contributed by atoms with E-state index in [1.54, 1.807) is 0 Å². The zero-order valence-electron chi connectivity index (χ0n) is 11.0. The first-order chi connectivity index (χ1) is 9.28. The van der Waals surface area contributed by atoms with Crippen molar-refractivity contribution in [1.82, 2.24) is 9.80 Å². The van der Waals surface area contributed by atoms with Gasteiger partial charge in [-0.1, -0.05) is 0 Å². The van der Waals surface area contributed by atoms with E-state index < -0.39 is 17.6 Å². The van der Waals surface area contributed by atoms with Crippen molar-refractivity contribution in [3.05, 3.63) is 0 Å². The maximum absolute atomic E-state index is 6.08. The van der Waals surface area contributed by atoms with Gasteiger partial charge in [0.2, 0.25) is 0 Å². The molecule has 5 aliphatic heterocycles. The maximum atomic E-state index is 6.08. The van der Waals surface area contributed by atoms with Crippen molar-refractivity contribution in [3.8, 4) is 0 Å². The molecule has 9 heteroatoms.